The highest BCUT2D eigenvalue weighted by Gasteiger charge is 2.35. The van der Waals surface area contributed by atoms with Crippen molar-refractivity contribution in [3.63, 3.8) is 0 Å². The van der Waals surface area contributed by atoms with Crippen molar-refractivity contribution in [2.75, 3.05) is 19.8 Å². The van der Waals surface area contributed by atoms with Crippen LogP contribution in [0.5, 0.6) is 5.75 Å². The summed E-state index contributed by atoms with van der Waals surface area (Å²) in [6.45, 7) is 7.56. The predicted octanol–water partition coefficient (Wildman–Crippen LogP) is 2.68. The fourth-order valence-electron chi connectivity index (χ4n) is 2.73. The van der Waals surface area contributed by atoms with E-state index in [4.69, 9.17) is 14.7 Å². The molecule has 0 saturated carbocycles. The number of nitriles is 1. The van der Waals surface area contributed by atoms with Gasteiger partial charge in [0.1, 0.15) is 11.8 Å². The van der Waals surface area contributed by atoms with Gasteiger partial charge in [0, 0.05) is 12.2 Å². The number of allylic oxidation sites excluding steroid dienone is 1. The van der Waals surface area contributed by atoms with E-state index in [-0.39, 0.29) is 25.8 Å². The molecule has 0 fully saturated rings. The Bertz CT molecular complexity index is 762. The number of carbonyl (C=O) groups is 2. The Balaban J connectivity index is 2.41. The Hall–Kier alpha value is -3.27. The molecule has 0 bridgehead atoms. The monoisotopic (exact) mass is 355 g/mol. The Morgan fingerprint density at radius 2 is 2.12 bits per heavy atom. The highest BCUT2D eigenvalue weighted by Crippen LogP contribution is 2.32. The number of amides is 2. The van der Waals surface area contributed by atoms with Crippen LogP contribution in [0.3, 0.4) is 0 Å². The normalized spacial score (nSPS) is 16.6. The molecule has 136 valence electrons. The molecular weight excluding hydrogens is 334 g/mol. The fourth-order valence-corrected chi connectivity index (χ4v) is 2.73. The standard InChI is InChI=1S/C19H21N3O4/c1-4-11-22-13(3)16(18(23)25-5-2)17(21-19(22)24)14-6-8-15(9-7-14)26-12-10-20/h4,6-9,17H,1,5,11-12H2,2-3H3,(H,21,24)/t17-/m0/s1. The van der Waals surface area contributed by atoms with Gasteiger partial charge < -0.3 is 14.8 Å². The van der Waals surface area contributed by atoms with Crippen LogP contribution in [0, 0.1) is 11.3 Å². The van der Waals surface area contributed by atoms with Gasteiger partial charge in [-0.15, -0.1) is 6.58 Å². The van der Waals surface area contributed by atoms with Gasteiger partial charge in [0.2, 0.25) is 0 Å². The molecule has 26 heavy (non-hydrogen) atoms. The molecule has 1 N–H and O–H groups in total. The van der Waals surface area contributed by atoms with Crippen molar-refractivity contribution in [2.24, 2.45) is 0 Å². The van der Waals surface area contributed by atoms with Crippen molar-refractivity contribution in [3.8, 4) is 11.8 Å². The Morgan fingerprint density at radius 1 is 1.42 bits per heavy atom. The van der Waals surface area contributed by atoms with Crippen molar-refractivity contribution in [3.05, 3.63) is 53.8 Å². The van der Waals surface area contributed by atoms with Gasteiger partial charge in [0.25, 0.3) is 0 Å². The topological polar surface area (TPSA) is 91.7 Å². The van der Waals surface area contributed by atoms with E-state index in [2.05, 4.69) is 11.9 Å². The van der Waals surface area contributed by atoms with Crippen LogP contribution >= 0.6 is 0 Å². The molecule has 1 heterocycles. The number of carbonyl (C=O) groups excluding carboxylic acids is 2. The molecule has 1 aromatic carbocycles. The number of esters is 1. The van der Waals surface area contributed by atoms with Crippen LogP contribution in [0.15, 0.2) is 48.2 Å². The van der Waals surface area contributed by atoms with Gasteiger partial charge in [-0.25, -0.2) is 9.59 Å². The number of nitrogens with zero attached hydrogens (tertiary/aromatic N) is 2. The molecule has 2 amide bonds. The molecule has 1 aliphatic rings. The number of nitrogens with one attached hydrogen (secondary N) is 1. The first-order valence-electron chi connectivity index (χ1n) is 8.20. The highest BCUT2D eigenvalue weighted by molar-refractivity contribution is 5.95. The third kappa shape index (κ3) is 4.03. The molecule has 0 radical (unpaired) electrons. The van der Waals surface area contributed by atoms with E-state index in [1.165, 1.54) is 4.90 Å². The summed E-state index contributed by atoms with van der Waals surface area (Å²) in [6.07, 6.45) is 1.59. The molecule has 1 atom stereocenters. The smallest absolute Gasteiger partial charge is 0.338 e. The minimum atomic E-state index is -0.632. The zero-order chi connectivity index (χ0) is 19.1. The van der Waals surface area contributed by atoms with Crippen LogP contribution in [0.4, 0.5) is 4.79 Å². The van der Waals surface area contributed by atoms with E-state index in [1.54, 1.807) is 44.2 Å². The Morgan fingerprint density at radius 3 is 2.69 bits per heavy atom. The van der Waals surface area contributed by atoms with Crippen molar-refractivity contribution in [1.82, 2.24) is 10.2 Å². The summed E-state index contributed by atoms with van der Waals surface area (Å²) in [4.78, 5) is 26.4. The van der Waals surface area contributed by atoms with Crippen LogP contribution in [0.2, 0.25) is 0 Å². The molecule has 0 aromatic heterocycles. The maximum absolute atomic E-state index is 12.5. The fraction of sp³-hybridized carbons (Fsp3) is 0.316. The summed E-state index contributed by atoms with van der Waals surface area (Å²) in [5, 5.41) is 11.4. The van der Waals surface area contributed by atoms with Gasteiger partial charge in [0.15, 0.2) is 6.61 Å². The van der Waals surface area contributed by atoms with Crippen molar-refractivity contribution >= 4 is 12.0 Å². The highest BCUT2D eigenvalue weighted by atomic mass is 16.5. The molecular formula is C19H21N3O4. The molecule has 7 nitrogen and oxygen atoms in total. The third-order valence-electron chi connectivity index (χ3n) is 3.92. The first kappa shape index (κ1) is 19.1. The van der Waals surface area contributed by atoms with Crippen molar-refractivity contribution in [1.29, 1.82) is 5.26 Å². The van der Waals surface area contributed by atoms with Gasteiger partial charge in [-0.1, -0.05) is 18.2 Å². The maximum atomic E-state index is 12.5. The average molecular weight is 355 g/mol. The number of urea groups is 1. The van der Waals surface area contributed by atoms with E-state index in [1.807, 2.05) is 6.07 Å². The number of hydrogen-bond donors (Lipinski definition) is 1. The Labute approximate surface area is 152 Å². The summed E-state index contributed by atoms with van der Waals surface area (Å²) in [6, 6.07) is 7.81. The lowest BCUT2D eigenvalue weighted by Crippen LogP contribution is -2.48. The average Bonchev–Trinajstić information content (AvgIpc) is 2.63. The lowest BCUT2D eigenvalue weighted by molar-refractivity contribution is -0.139. The summed E-state index contributed by atoms with van der Waals surface area (Å²) in [7, 11) is 0. The van der Waals surface area contributed by atoms with Crippen LogP contribution in [-0.4, -0.2) is 36.7 Å². The lowest BCUT2D eigenvalue weighted by Gasteiger charge is -2.34. The van der Waals surface area contributed by atoms with Gasteiger partial charge in [0.05, 0.1) is 18.2 Å². The number of ether oxygens (including phenoxy) is 2. The Kier molecular flexibility index (Phi) is 6.39. The summed E-state index contributed by atoms with van der Waals surface area (Å²) in [5.41, 5.74) is 1.62. The number of rotatable bonds is 7. The first-order chi connectivity index (χ1) is 12.5. The first-order valence-corrected chi connectivity index (χ1v) is 8.20. The molecule has 1 aliphatic heterocycles. The van der Waals surface area contributed by atoms with Gasteiger partial charge in [-0.05, 0) is 31.5 Å². The summed E-state index contributed by atoms with van der Waals surface area (Å²) in [5.74, 6) is 0.0537. The molecule has 2 rings (SSSR count). The predicted molar refractivity (Wildman–Crippen MR) is 95.1 cm³/mol. The van der Waals surface area contributed by atoms with Gasteiger partial charge >= 0.3 is 12.0 Å². The molecule has 0 saturated heterocycles. The van der Waals surface area contributed by atoms with Crippen LogP contribution in [-0.2, 0) is 9.53 Å². The molecule has 0 aliphatic carbocycles. The van der Waals surface area contributed by atoms with Crippen molar-refractivity contribution in [2.45, 2.75) is 19.9 Å². The second kappa shape index (κ2) is 8.72. The van der Waals surface area contributed by atoms with Crippen LogP contribution in [0.1, 0.15) is 25.5 Å². The van der Waals surface area contributed by atoms with Gasteiger partial charge in [-0.3, -0.25) is 4.90 Å². The van der Waals surface area contributed by atoms with E-state index in [0.29, 0.717) is 22.6 Å². The zero-order valence-corrected chi connectivity index (χ0v) is 14.8. The maximum Gasteiger partial charge on any atom is 0.338 e. The van der Waals surface area contributed by atoms with E-state index < -0.39 is 12.0 Å². The van der Waals surface area contributed by atoms with E-state index >= 15 is 0 Å². The molecule has 0 unspecified atom stereocenters. The van der Waals surface area contributed by atoms with Crippen molar-refractivity contribution < 1.29 is 19.1 Å². The molecule has 7 heteroatoms. The third-order valence-corrected chi connectivity index (χ3v) is 3.92. The number of benzene rings is 1. The van der Waals surface area contributed by atoms with Crippen LogP contribution in [0.25, 0.3) is 0 Å². The number of hydrogen-bond acceptors (Lipinski definition) is 5. The largest absolute Gasteiger partial charge is 0.479 e. The van der Waals surface area contributed by atoms with Crippen LogP contribution < -0.4 is 10.1 Å². The quantitative estimate of drug-likeness (QED) is 0.600. The minimum Gasteiger partial charge on any atom is -0.479 e. The second-order valence-electron chi connectivity index (χ2n) is 5.52. The van der Waals surface area contributed by atoms with E-state index in [9.17, 15) is 9.59 Å². The molecule has 1 aromatic rings. The van der Waals surface area contributed by atoms with E-state index in [0.717, 1.165) is 0 Å². The zero-order valence-electron chi connectivity index (χ0n) is 14.8. The summed E-state index contributed by atoms with van der Waals surface area (Å²) < 4.78 is 10.4. The minimum absolute atomic E-state index is 0.0525. The summed E-state index contributed by atoms with van der Waals surface area (Å²) >= 11 is 0. The van der Waals surface area contributed by atoms with Gasteiger partial charge in [-0.2, -0.15) is 5.26 Å². The lowest BCUT2D eigenvalue weighted by atomic mass is 9.95. The molecule has 0 spiro atoms. The second-order valence-corrected chi connectivity index (χ2v) is 5.52. The SMILES string of the molecule is C=CCN1C(=O)N[C@@H](c2ccc(OCC#N)cc2)C(C(=O)OCC)=C1C.